The second kappa shape index (κ2) is 7.58. The van der Waals surface area contributed by atoms with Crippen LogP contribution in [0, 0.1) is 0 Å². The maximum absolute atomic E-state index is 12.3. The molecule has 0 aliphatic rings. The molecule has 0 bridgehead atoms. The van der Waals surface area contributed by atoms with Crippen molar-refractivity contribution in [1.29, 1.82) is 0 Å². The standard InChI is InChI=1S/C19H22ClNO3/c1-19(2,14-8-9-16(23-3)17(11-14)24-4)12-21-18(22)13-6-5-7-15(20)10-13/h5-11H,12H2,1-4H3,(H,21,22). The van der Waals surface area contributed by atoms with E-state index in [0.29, 0.717) is 28.6 Å². The molecule has 2 aromatic rings. The molecule has 0 fully saturated rings. The summed E-state index contributed by atoms with van der Waals surface area (Å²) < 4.78 is 10.6. The molecular weight excluding hydrogens is 326 g/mol. The molecule has 128 valence electrons. The fraction of sp³-hybridized carbons (Fsp3) is 0.316. The lowest BCUT2D eigenvalue weighted by Crippen LogP contribution is -2.36. The summed E-state index contributed by atoms with van der Waals surface area (Å²) in [6.07, 6.45) is 0. The monoisotopic (exact) mass is 347 g/mol. The van der Waals surface area contributed by atoms with Crippen LogP contribution in [0.2, 0.25) is 5.02 Å². The van der Waals surface area contributed by atoms with E-state index in [-0.39, 0.29) is 11.3 Å². The van der Waals surface area contributed by atoms with Crippen LogP contribution in [-0.2, 0) is 5.41 Å². The molecule has 5 heteroatoms. The highest BCUT2D eigenvalue weighted by Crippen LogP contribution is 2.32. The number of hydrogen-bond acceptors (Lipinski definition) is 3. The molecule has 0 aliphatic carbocycles. The van der Waals surface area contributed by atoms with E-state index in [2.05, 4.69) is 19.2 Å². The minimum absolute atomic E-state index is 0.147. The van der Waals surface area contributed by atoms with Crippen LogP contribution < -0.4 is 14.8 Å². The highest BCUT2D eigenvalue weighted by atomic mass is 35.5. The molecule has 2 rings (SSSR count). The van der Waals surface area contributed by atoms with Gasteiger partial charge in [-0.15, -0.1) is 0 Å². The van der Waals surface area contributed by atoms with Crippen LogP contribution in [0.1, 0.15) is 29.8 Å². The Labute approximate surface area is 147 Å². The summed E-state index contributed by atoms with van der Waals surface area (Å²) in [6, 6.07) is 12.7. The van der Waals surface area contributed by atoms with Gasteiger partial charge in [0.15, 0.2) is 11.5 Å². The zero-order valence-corrected chi connectivity index (χ0v) is 15.1. The predicted molar refractivity (Wildman–Crippen MR) is 96.4 cm³/mol. The van der Waals surface area contributed by atoms with E-state index in [1.54, 1.807) is 38.5 Å². The van der Waals surface area contributed by atoms with Crippen molar-refractivity contribution in [3.05, 3.63) is 58.6 Å². The lowest BCUT2D eigenvalue weighted by molar-refractivity contribution is 0.0945. The first kappa shape index (κ1) is 18.1. The van der Waals surface area contributed by atoms with Gasteiger partial charge in [-0.3, -0.25) is 4.79 Å². The zero-order chi connectivity index (χ0) is 17.7. The number of carbonyl (C=O) groups is 1. The van der Waals surface area contributed by atoms with Gasteiger partial charge in [-0.25, -0.2) is 0 Å². The van der Waals surface area contributed by atoms with Crippen molar-refractivity contribution in [1.82, 2.24) is 5.32 Å². The predicted octanol–water partition coefficient (Wildman–Crippen LogP) is 4.06. The van der Waals surface area contributed by atoms with Crippen molar-refractivity contribution in [3.8, 4) is 11.5 Å². The highest BCUT2D eigenvalue weighted by Gasteiger charge is 2.23. The third-order valence-corrected chi connectivity index (χ3v) is 4.18. The maximum Gasteiger partial charge on any atom is 0.251 e. The van der Waals surface area contributed by atoms with E-state index in [4.69, 9.17) is 21.1 Å². The van der Waals surface area contributed by atoms with Gasteiger partial charge < -0.3 is 14.8 Å². The number of nitrogens with one attached hydrogen (secondary N) is 1. The fourth-order valence-electron chi connectivity index (χ4n) is 2.39. The lowest BCUT2D eigenvalue weighted by atomic mass is 9.84. The molecule has 4 nitrogen and oxygen atoms in total. The van der Waals surface area contributed by atoms with Gasteiger partial charge in [-0.1, -0.05) is 37.6 Å². The van der Waals surface area contributed by atoms with Crippen molar-refractivity contribution in [2.75, 3.05) is 20.8 Å². The molecule has 1 N–H and O–H groups in total. The van der Waals surface area contributed by atoms with Gasteiger partial charge in [-0.05, 0) is 35.9 Å². The number of carbonyl (C=O) groups excluding carboxylic acids is 1. The molecule has 0 atom stereocenters. The Morgan fingerprint density at radius 2 is 1.79 bits per heavy atom. The minimum Gasteiger partial charge on any atom is -0.493 e. The van der Waals surface area contributed by atoms with E-state index in [9.17, 15) is 4.79 Å². The molecule has 0 unspecified atom stereocenters. The third-order valence-electron chi connectivity index (χ3n) is 3.94. The largest absolute Gasteiger partial charge is 0.493 e. The van der Waals surface area contributed by atoms with E-state index < -0.39 is 0 Å². The fourth-order valence-corrected chi connectivity index (χ4v) is 2.58. The first-order valence-corrected chi connectivity index (χ1v) is 8.01. The molecule has 24 heavy (non-hydrogen) atoms. The summed E-state index contributed by atoms with van der Waals surface area (Å²) >= 11 is 5.93. The van der Waals surface area contributed by atoms with Gasteiger partial charge in [0, 0.05) is 22.5 Å². The van der Waals surface area contributed by atoms with Crippen molar-refractivity contribution in [2.45, 2.75) is 19.3 Å². The maximum atomic E-state index is 12.3. The molecule has 2 aromatic carbocycles. The second-order valence-corrected chi connectivity index (χ2v) is 6.58. The summed E-state index contributed by atoms with van der Waals surface area (Å²) in [4.78, 5) is 12.3. The van der Waals surface area contributed by atoms with Crippen molar-refractivity contribution in [3.63, 3.8) is 0 Å². The van der Waals surface area contributed by atoms with Crippen LogP contribution in [0.25, 0.3) is 0 Å². The van der Waals surface area contributed by atoms with Crippen LogP contribution in [0.3, 0.4) is 0 Å². The second-order valence-electron chi connectivity index (χ2n) is 6.15. The van der Waals surface area contributed by atoms with Gasteiger partial charge in [0.1, 0.15) is 0 Å². The van der Waals surface area contributed by atoms with Gasteiger partial charge in [0.25, 0.3) is 5.91 Å². The number of halogens is 1. The summed E-state index contributed by atoms with van der Waals surface area (Å²) in [5.74, 6) is 1.20. The number of ether oxygens (including phenoxy) is 2. The number of amides is 1. The smallest absolute Gasteiger partial charge is 0.251 e. The van der Waals surface area contributed by atoms with E-state index >= 15 is 0 Å². The Balaban J connectivity index is 2.12. The third kappa shape index (κ3) is 4.20. The van der Waals surface area contributed by atoms with Crippen LogP contribution in [0.15, 0.2) is 42.5 Å². The average molecular weight is 348 g/mol. The molecule has 0 aromatic heterocycles. The van der Waals surface area contributed by atoms with Gasteiger partial charge in [0.2, 0.25) is 0 Å². The van der Waals surface area contributed by atoms with Gasteiger partial charge in [0.05, 0.1) is 14.2 Å². The molecular formula is C19H22ClNO3. The first-order chi connectivity index (χ1) is 11.4. The molecule has 0 aliphatic heterocycles. The number of rotatable bonds is 6. The summed E-state index contributed by atoms with van der Waals surface area (Å²) in [5, 5.41) is 3.50. The van der Waals surface area contributed by atoms with E-state index in [0.717, 1.165) is 5.56 Å². The highest BCUT2D eigenvalue weighted by molar-refractivity contribution is 6.30. The minimum atomic E-state index is -0.270. The summed E-state index contributed by atoms with van der Waals surface area (Å²) in [6.45, 7) is 4.60. The molecule has 1 amide bonds. The van der Waals surface area contributed by atoms with E-state index in [1.807, 2.05) is 18.2 Å². The molecule has 0 saturated carbocycles. The van der Waals surface area contributed by atoms with Crippen LogP contribution in [-0.4, -0.2) is 26.7 Å². The summed E-state index contributed by atoms with van der Waals surface area (Å²) in [7, 11) is 3.21. The Bertz CT molecular complexity index is 728. The Morgan fingerprint density at radius 1 is 1.08 bits per heavy atom. The van der Waals surface area contributed by atoms with Crippen molar-refractivity contribution < 1.29 is 14.3 Å². The molecule has 0 saturated heterocycles. The number of methoxy groups -OCH3 is 2. The lowest BCUT2D eigenvalue weighted by Gasteiger charge is -2.26. The quantitative estimate of drug-likeness (QED) is 0.857. The summed E-state index contributed by atoms with van der Waals surface area (Å²) in [5.41, 5.74) is 1.32. The number of benzene rings is 2. The van der Waals surface area contributed by atoms with Crippen LogP contribution in [0.5, 0.6) is 11.5 Å². The Kier molecular flexibility index (Phi) is 5.73. The topological polar surface area (TPSA) is 47.6 Å². The molecule has 0 radical (unpaired) electrons. The van der Waals surface area contributed by atoms with Crippen molar-refractivity contribution in [2.24, 2.45) is 0 Å². The first-order valence-electron chi connectivity index (χ1n) is 7.63. The normalized spacial score (nSPS) is 11.0. The zero-order valence-electron chi connectivity index (χ0n) is 14.4. The van der Waals surface area contributed by atoms with E-state index in [1.165, 1.54) is 0 Å². The van der Waals surface area contributed by atoms with Crippen LogP contribution >= 0.6 is 11.6 Å². The SMILES string of the molecule is COc1ccc(C(C)(C)CNC(=O)c2cccc(Cl)c2)cc1OC. The Morgan fingerprint density at radius 3 is 2.42 bits per heavy atom. The van der Waals surface area contributed by atoms with Crippen LogP contribution in [0.4, 0.5) is 0 Å². The number of hydrogen-bond donors (Lipinski definition) is 1. The molecule has 0 spiro atoms. The Hall–Kier alpha value is -2.20. The molecule has 0 heterocycles. The van der Waals surface area contributed by atoms with Gasteiger partial charge in [-0.2, -0.15) is 0 Å². The van der Waals surface area contributed by atoms with Gasteiger partial charge >= 0.3 is 0 Å². The average Bonchev–Trinajstić information content (AvgIpc) is 2.59. The van der Waals surface area contributed by atoms with Crippen molar-refractivity contribution >= 4 is 17.5 Å².